The van der Waals surface area contributed by atoms with Crippen molar-refractivity contribution in [2.24, 2.45) is 0 Å². The quantitative estimate of drug-likeness (QED) is 0.690. The van der Waals surface area contributed by atoms with Gasteiger partial charge in [-0.15, -0.1) is 0 Å². The Hall–Kier alpha value is -1.96. The zero-order valence-corrected chi connectivity index (χ0v) is 10.2. The van der Waals surface area contributed by atoms with Gasteiger partial charge < -0.3 is 11.5 Å². The molecule has 0 saturated heterocycles. The van der Waals surface area contributed by atoms with E-state index in [0.717, 1.165) is 11.4 Å². The van der Waals surface area contributed by atoms with E-state index >= 15 is 0 Å². The zero-order chi connectivity index (χ0) is 12.3. The molecule has 2 bridgehead atoms. The Morgan fingerprint density at radius 3 is 1.56 bits per heavy atom. The van der Waals surface area contributed by atoms with E-state index in [9.17, 15) is 0 Å². The molecule has 0 amide bonds. The van der Waals surface area contributed by atoms with Gasteiger partial charge in [0.05, 0.1) is 0 Å². The summed E-state index contributed by atoms with van der Waals surface area (Å²) in [6.45, 7) is 0. The first kappa shape index (κ1) is 10.0. The highest BCUT2D eigenvalue weighted by Gasteiger charge is 2.37. The van der Waals surface area contributed by atoms with Crippen LogP contribution in [0.25, 0.3) is 0 Å². The zero-order valence-electron chi connectivity index (χ0n) is 10.2. The fraction of sp³-hybridized carbons (Fsp3) is 0.250. The molecule has 2 atom stereocenters. The van der Waals surface area contributed by atoms with Crippen LogP contribution in [0.15, 0.2) is 36.4 Å². The molecule has 0 radical (unpaired) electrons. The van der Waals surface area contributed by atoms with E-state index in [-0.39, 0.29) is 0 Å². The molecule has 0 heterocycles. The standard InChI is InChI=1S/C16H16N2/c17-9-1-3-11-13-5-6-14(15(11)7-9)12-4-2-10(18)8-16(12)13/h1-4,7-8,13-14H,5-6,17-18H2. The summed E-state index contributed by atoms with van der Waals surface area (Å²) in [4.78, 5) is 0. The van der Waals surface area contributed by atoms with E-state index < -0.39 is 0 Å². The van der Waals surface area contributed by atoms with Crippen LogP contribution in [-0.4, -0.2) is 0 Å². The minimum atomic E-state index is 0.518. The van der Waals surface area contributed by atoms with Crippen molar-refractivity contribution in [3.63, 3.8) is 0 Å². The van der Waals surface area contributed by atoms with Gasteiger partial charge in [0.25, 0.3) is 0 Å². The smallest absolute Gasteiger partial charge is 0.0317 e. The lowest BCUT2D eigenvalue weighted by Crippen LogP contribution is -2.25. The lowest BCUT2D eigenvalue weighted by molar-refractivity contribution is 0.520. The predicted octanol–water partition coefficient (Wildman–Crippen LogP) is 3.22. The molecule has 90 valence electrons. The molecule has 0 fully saturated rings. The predicted molar refractivity (Wildman–Crippen MR) is 74.6 cm³/mol. The summed E-state index contributed by atoms with van der Waals surface area (Å²) in [5.74, 6) is 1.04. The molecule has 2 heteroatoms. The first-order valence-electron chi connectivity index (χ1n) is 6.52. The maximum atomic E-state index is 5.94. The minimum Gasteiger partial charge on any atom is -0.399 e. The maximum absolute atomic E-state index is 5.94. The van der Waals surface area contributed by atoms with Crippen LogP contribution < -0.4 is 11.5 Å². The highest BCUT2D eigenvalue weighted by molar-refractivity contribution is 5.61. The number of nitrogens with two attached hydrogens (primary N) is 2. The third-order valence-corrected chi connectivity index (χ3v) is 4.47. The van der Waals surface area contributed by atoms with Crippen molar-refractivity contribution in [3.05, 3.63) is 58.7 Å². The van der Waals surface area contributed by atoms with Crippen LogP contribution >= 0.6 is 0 Å². The molecular formula is C16H16N2. The second-order valence-corrected chi connectivity index (χ2v) is 5.46. The average molecular weight is 236 g/mol. The number of rotatable bonds is 0. The Morgan fingerprint density at radius 2 is 1.11 bits per heavy atom. The van der Waals surface area contributed by atoms with Gasteiger partial charge in [-0.1, -0.05) is 12.1 Å². The molecule has 0 spiro atoms. The summed E-state index contributed by atoms with van der Waals surface area (Å²) in [5, 5.41) is 0. The highest BCUT2D eigenvalue weighted by atomic mass is 14.6. The van der Waals surface area contributed by atoms with Crippen molar-refractivity contribution in [2.75, 3.05) is 11.5 Å². The molecule has 2 nitrogen and oxygen atoms in total. The van der Waals surface area contributed by atoms with E-state index in [0.29, 0.717) is 11.8 Å². The molecule has 3 aliphatic rings. The monoisotopic (exact) mass is 236 g/mol. The average Bonchev–Trinajstić information content (AvgIpc) is 2.38. The molecule has 0 aromatic heterocycles. The van der Waals surface area contributed by atoms with Crippen LogP contribution in [0.4, 0.5) is 11.4 Å². The Morgan fingerprint density at radius 1 is 0.667 bits per heavy atom. The van der Waals surface area contributed by atoms with Crippen LogP contribution in [0.3, 0.4) is 0 Å². The second kappa shape index (κ2) is 3.29. The third-order valence-electron chi connectivity index (χ3n) is 4.47. The van der Waals surface area contributed by atoms with Crippen LogP contribution in [0.5, 0.6) is 0 Å². The summed E-state index contributed by atoms with van der Waals surface area (Å²) < 4.78 is 0. The number of nitrogen functional groups attached to an aromatic ring is 2. The Bertz CT molecular complexity index is 588. The van der Waals surface area contributed by atoms with Crippen molar-refractivity contribution in [1.82, 2.24) is 0 Å². The number of hydrogen-bond donors (Lipinski definition) is 2. The van der Waals surface area contributed by atoms with Crippen molar-refractivity contribution >= 4 is 11.4 Å². The first-order valence-corrected chi connectivity index (χ1v) is 6.52. The number of hydrogen-bond acceptors (Lipinski definition) is 2. The normalized spacial score (nSPS) is 23.6. The molecule has 0 saturated carbocycles. The molecule has 3 aliphatic carbocycles. The number of fused-ring (bicyclic) bond motifs is 1. The summed E-state index contributed by atoms with van der Waals surface area (Å²) in [6.07, 6.45) is 2.47. The van der Waals surface area contributed by atoms with Gasteiger partial charge in [-0.3, -0.25) is 0 Å². The van der Waals surface area contributed by atoms with Crippen molar-refractivity contribution in [3.8, 4) is 0 Å². The molecule has 0 aliphatic heterocycles. The summed E-state index contributed by atoms with van der Waals surface area (Å²) in [6, 6.07) is 12.8. The highest BCUT2D eigenvalue weighted by Crippen LogP contribution is 2.53. The van der Waals surface area contributed by atoms with E-state index in [1.54, 1.807) is 0 Å². The fourth-order valence-electron chi connectivity index (χ4n) is 3.72. The summed E-state index contributed by atoms with van der Waals surface area (Å²) >= 11 is 0. The van der Waals surface area contributed by atoms with Crippen molar-refractivity contribution in [2.45, 2.75) is 24.7 Å². The molecular weight excluding hydrogens is 220 g/mol. The van der Waals surface area contributed by atoms with Gasteiger partial charge in [0.15, 0.2) is 0 Å². The first-order chi connectivity index (χ1) is 8.74. The molecule has 2 unspecified atom stereocenters. The number of anilines is 2. The molecule has 5 rings (SSSR count). The molecule has 2 aromatic carbocycles. The Kier molecular flexibility index (Phi) is 1.83. The van der Waals surface area contributed by atoms with E-state index in [1.807, 2.05) is 12.1 Å². The van der Waals surface area contributed by atoms with Gasteiger partial charge in [-0.2, -0.15) is 0 Å². The van der Waals surface area contributed by atoms with Crippen LogP contribution in [-0.2, 0) is 0 Å². The largest absolute Gasteiger partial charge is 0.399 e. The van der Waals surface area contributed by atoms with Crippen LogP contribution in [0.1, 0.15) is 46.9 Å². The van der Waals surface area contributed by atoms with Crippen LogP contribution in [0.2, 0.25) is 0 Å². The van der Waals surface area contributed by atoms with E-state index in [4.69, 9.17) is 11.5 Å². The Labute approximate surface area is 107 Å². The lowest BCUT2D eigenvalue weighted by Gasteiger charge is -2.40. The van der Waals surface area contributed by atoms with Crippen molar-refractivity contribution in [1.29, 1.82) is 0 Å². The third kappa shape index (κ3) is 1.18. The summed E-state index contributed by atoms with van der Waals surface area (Å²) in [5.41, 5.74) is 19.4. The maximum Gasteiger partial charge on any atom is 0.0317 e. The van der Waals surface area contributed by atoms with E-state index in [2.05, 4.69) is 24.3 Å². The fourth-order valence-corrected chi connectivity index (χ4v) is 3.72. The molecule has 18 heavy (non-hydrogen) atoms. The molecule has 4 N–H and O–H groups in total. The van der Waals surface area contributed by atoms with E-state index in [1.165, 1.54) is 35.1 Å². The number of benzene rings is 2. The van der Waals surface area contributed by atoms with Gasteiger partial charge in [0.1, 0.15) is 0 Å². The van der Waals surface area contributed by atoms with Gasteiger partial charge >= 0.3 is 0 Å². The van der Waals surface area contributed by atoms with Crippen molar-refractivity contribution < 1.29 is 0 Å². The lowest BCUT2D eigenvalue weighted by atomic mass is 9.64. The van der Waals surface area contributed by atoms with Gasteiger partial charge in [-0.05, 0) is 59.4 Å². The van der Waals surface area contributed by atoms with Crippen LogP contribution in [0, 0.1) is 0 Å². The SMILES string of the molecule is Nc1ccc2c(c1)C1CCC2c2cc(N)ccc21. The summed E-state index contributed by atoms with van der Waals surface area (Å²) in [7, 11) is 0. The van der Waals surface area contributed by atoms with Gasteiger partial charge in [0, 0.05) is 23.2 Å². The van der Waals surface area contributed by atoms with Gasteiger partial charge in [-0.25, -0.2) is 0 Å². The Balaban J connectivity index is 1.99. The van der Waals surface area contributed by atoms with Gasteiger partial charge in [0.2, 0.25) is 0 Å². The molecule has 2 aromatic rings. The minimum absolute atomic E-state index is 0.518. The second-order valence-electron chi connectivity index (χ2n) is 5.46. The topological polar surface area (TPSA) is 52.0 Å².